The van der Waals surface area contributed by atoms with Crippen molar-refractivity contribution < 1.29 is 4.79 Å². The van der Waals surface area contributed by atoms with Gasteiger partial charge < -0.3 is 16.0 Å². The molecule has 138 valence electrons. The van der Waals surface area contributed by atoms with Crippen molar-refractivity contribution in [2.45, 2.75) is 26.3 Å². The maximum atomic E-state index is 12.3. The van der Waals surface area contributed by atoms with Crippen LogP contribution in [0.15, 0.2) is 48.5 Å². The monoisotopic (exact) mass is 352 g/mol. The molecule has 1 aliphatic rings. The SMILES string of the molecule is CC(C)(C)N1CCN(c2ccc(NC(=O)c3ccc(N)cc3)cc2)CC1. The molecule has 3 N–H and O–H groups in total. The highest BCUT2D eigenvalue weighted by Crippen LogP contribution is 2.22. The van der Waals surface area contributed by atoms with Gasteiger partial charge in [-0.2, -0.15) is 0 Å². The van der Waals surface area contributed by atoms with E-state index in [0.717, 1.165) is 31.9 Å². The third-order valence-electron chi connectivity index (χ3n) is 4.89. The first-order valence-electron chi connectivity index (χ1n) is 9.10. The zero-order valence-electron chi connectivity index (χ0n) is 15.8. The van der Waals surface area contributed by atoms with Crippen LogP contribution in [0.5, 0.6) is 0 Å². The molecule has 0 radical (unpaired) electrons. The summed E-state index contributed by atoms with van der Waals surface area (Å²) in [5.41, 5.74) is 9.13. The minimum Gasteiger partial charge on any atom is -0.399 e. The fourth-order valence-electron chi connectivity index (χ4n) is 3.23. The van der Waals surface area contributed by atoms with Crippen LogP contribution in [0.3, 0.4) is 0 Å². The zero-order valence-corrected chi connectivity index (χ0v) is 15.8. The van der Waals surface area contributed by atoms with Crippen LogP contribution >= 0.6 is 0 Å². The van der Waals surface area contributed by atoms with E-state index in [-0.39, 0.29) is 11.4 Å². The van der Waals surface area contributed by atoms with Crippen molar-refractivity contribution in [3.05, 3.63) is 54.1 Å². The Morgan fingerprint density at radius 2 is 1.50 bits per heavy atom. The highest BCUT2D eigenvalue weighted by molar-refractivity contribution is 6.04. The number of rotatable bonds is 3. The van der Waals surface area contributed by atoms with Crippen LogP contribution in [0.1, 0.15) is 31.1 Å². The van der Waals surface area contributed by atoms with Crippen LogP contribution in [0, 0.1) is 0 Å². The predicted molar refractivity (Wildman–Crippen MR) is 109 cm³/mol. The summed E-state index contributed by atoms with van der Waals surface area (Å²) in [6, 6.07) is 15.0. The summed E-state index contributed by atoms with van der Waals surface area (Å²) in [5, 5.41) is 2.93. The minimum atomic E-state index is -0.128. The largest absolute Gasteiger partial charge is 0.399 e. The first-order chi connectivity index (χ1) is 12.3. The van der Waals surface area contributed by atoms with Crippen molar-refractivity contribution in [1.29, 1.82) is 0 Å². The molecular formula is C21H28N4O. The van der Waals surface area contributed by atoms with Crippen molar-refractivity contribution in [1.82, 2.24) is 4.90 Å². The van der Waals surface area contributed by atoms with E-state index in [1.165, 1.54) is 5.69 Å². The van der Waals surface area contributed by atoms with Gasteiger partial charge in [0.25, 0.3) is 5.91 Å². The Kier molecular flexibility index (Phi) is 5.18. The summed E-state index contributed by atoms with van der Waals surface area (Å²) in [5.74, 6) is -0.128. The van der Waals surface area contributed by atoms with Crippen molar-refractivity contribution in [2.24, 2.45) is 0 Å². The lowest BCUT2D eigenvalue weighted by Crippen LogP contribution is -2.53. The Morgan fingerprint density at radius 1 is 0.923 bits per heavy atom. The van der Waals surface area contributed by atoms with E-state index in [0.29, 0.717) is 11.3 Å². The third kappa shape index (κ3) is 4.35. The molecule has 0 atom stereocenters. The zero-order chi connectivity index (χ0) is 18.7. The highest BCUT2D eigenvalue weighted by atomic mass is 16.1. The molecule has 0 aromatic heterocycles. The predicted octanol–water partition coefficient (Wildman–Crippen LogP) is 3.44. The van der Waals surface area contributed by atoms with Gasteiger partial charge in [-0.25, -0.2) is 0 Å². The van der Waals surface area contributed by atoms with Crippen LogP contribution in [0.4, 0.5) is 17.1 Å². The minimum absolute atomic E-state index is 0.128. The number of carbonyl (C=O) groups is 1. The highest BCUT2D eigenvalue weighted by Gasteiger charge is 2.25. The Morgan fingerprint density at radius 3 is 2.04 bits per heavy atom. The molecule has 1 heterocycles. The van der Waals surface area contributed by atoms with E-state index in [2.05, 4.69) is 48.0 Å². The number of nitrogens with two attached hydrogens (primary N) is 1. The fourth-order valence-corrected chi connectivity index (χ4v) is 3.23. The van der Waals surface area contributed by atoms with Crippen LogP contribution < -0.4 is 16.0 Å². The normalized spacial score (nSPS) is 15.7. The van der Waals surface area contributed by atoms with Gasteiger partial charge in [-0.05, 0) is 69.3 Å². The van der Waals surface area contributed by atoms with Crippen LogP contribution in [0.25, 0.3) is 0 Å². The number of carbonyl (C=O) groups excluding carboxylic acids is 1. The molecular weight excluding hydrogens is 324 g/mol. The number of hydrogen-bond acceptors (Lipinski definition) is 4. The standard InChI is InChI=1S/C21H28N4O/c1-21(2,3)25-14-12-24(13-15-25)19-10-8-18(9-11-19)23-20(26)16-4-6-17(22)7-5-16/h4-11H,12-15,22H2,1-3H3,(H,23,26). The number of nitrogens with one attached hydrogen (secondary N) is 1. The summed E-state index contributed by atoms with van der Waals surface area (Å²) in [4.78, 5) is 17.2. The molecule has 0 bridgehead atoms. The lowest BCUT2D eigenvalue weighted by molar-refractivity contribution is 0.102. The second-order valence-electron chi connectivity index (χ2n) is 7.77. The quantitative estimate of drug-likeness (QED) is 0.831. The average molecular weight is 352 g/mol. The van der Waals surface area contributed by atoms with Gasteiger partial charge >= 0.3 is 0 Å². The molecule has 1 aliphatic heterocycles. The summed E-state index contributed by atoms with van der Waals surface area (Å²) in [6.07, 6.45) is 0. The number of benzene rings is 2. The van der Waals surface area contributed by atoms with Gasteiger partial charge in [0.2, 0.25) is 0 Å². The van der Waals surface area contributed by atoms with Crippen LogP contribution in [-0.2, 0) is 0 Å². The van der Waals surface area contributed by atoms with Gasteiger partial charge in [0.15, 0.2) is 0 Å². The molecule has 2 aromatic carbocycles. The molecule has 26 heavy (non-hydrogen) atoms. The van der Waals surface area contributed by atoms with E-state index in [4.69, 9.17) is 5.73 Å². The van der Waals surface area contributed by atoms with E-state index in [9.17, 15) is 4.79 Å². The van der Waals surface area contributed by atoms with Gasteiger partial charge in [-0.3, -0.25) is 9.69 Å². The molecule has 1 saturated heterocycles. The fraction of sp³-hybridized carbons (Fsp3) is 0.381. The second kappa shape index (κ2) is 7.38. The van der Waals surface area contributed by atoms with Crippen LogP contribution in [0.2, 0.25) is 0 Å². The van der Waals surface area contributed by atoms with Gasteiger partial charge in [0.05, 0.1) is 0 Å². The van der Waals surface area contributed by atoms with Gasteiger partial charge in [0.1, 0.15) is 0 Å². The van der Waals surface area contributed by atoms with Crippen LogP contribution in [-0.4, -0.2) is 42.5 Å². The average Bonchev–Trinajstić information content (AvgIpc) is 2.62. The van der Waals surface area contributed by atoms with E-state index in [1.54, 1.807) is 24.3 Å². The van der Waals surface area contributed by atoms with Gasteiger partial charge in [0, 0.05) is 54.3 Å². The van der Waals surface area contributed by atoms with E-state index >= 15 is 0 Å². The summed E-state index contributed by atoms with van der Waals surface area (Å²) < 4.78 is 0. The van der Waals surface area contributed by atoms with Crippen molar-refractivity contribution >= 4 is 23.0 Å². The Balaban J connectivity index is 1.59. The lowest BCUT2D eigenvalue weighted by Gasteiger charge is -2.43. The Hall–Kier alpha value is -2.53. The Labute approximate surface area is 155 Å². The molecule has 5 nitrogen and oxygen atoms in total. The number of piperazine rings is 1. The van der Waals surface area contributed by atoms with Crippen molar-refractivity contribution in [3.63, 3.8) is 0 Å². The number of hydrogen-bond donors (Lipinski definition) is 2. The molecule has 0 spiro atoms. The third-order valence-corrected chi connectivity index (χ3v) is 4.89. The summed E-state index contributed by atoms with van der Waals surface area (Å²) >= 11 is 0. The molecule has 1 amide bonds. The van der Waals surface area contributed by atoms with E-state index < -0.39 is 0 Å². The lowest BCUT2D eigenvalue weighted by atomic mass is 10.0. The molecule has 0 saturated carbocycles. The molecule has 0 aliphatic carbocycles. The Bertz CT molecular complexity index is 739. The molecule has 5 heteroatoms. The first-order valence-corrected chi connectivity index (χ1v) is 9.10. The molecule has 3 rings (SSSR count). The maximum Gasteiger partial charge on any atom is 0.255 e. The van der Waals surface area contributed by atoms with E-state index in [1.807, 2.05) is 12.1 Å². The number of nitrogen functional groups attached to an aromatic ring is 1. The topological polar surface area (TPSA) is 61.6 Å². The maximum absolute atomic E-state index is 12.3. The van der Waals surface area contributed by atoms with Crippen molar-refractivity contribution in [2.75, 3.05) is 42.1 Å². The number of nitrogens with zero attached hydrogens (tertiary/aromatic N) is 2. The summed E-state index contributed by atoms with van der Waals surface area (Å²) in [7, 11) is 0. The van der Waals surface area contributed by atoms with Crippen molar-refractivity contribution in [3.8, 4) is 0 Å². The summed E-state index contributed by atoms with van der Waals surface area (Å²) in [6.45, 7) is 11.0. The molecule has 1 fully saturated rings. The van der Waals surface area contributed by atoms with Gasteiger partial charge in [-0.15, -0.1) is 0 Å². The molecule has 0 unspecified atom stereocenters. The second-order valence-corrected chi connectivity index (χ2v) is 7.77. The smallest absolute Gasteiger partial charge is 0.255 e. The molecule has 2 aromatic rings. The number of amides is 1. The number of anilines is 3. The first kappa shape index (κ1) is 18.3. The van der Waals surface area contributed by atoms with Gasteiger partial charge in [-0.1, -0.05) is 0 Å².